The van der Waals surface area contributed by atoms with Crippen LogP contribution in [0, 0.1) is 13.8 Å². The standard InChI is InChI=1S/C18H27N7S/c1-12-13(2)21-18(26-5)23-17(12)25-8-6-7-14(10-25)22-15-9-16(24(3)4)20-11-19-15/h9,11,14H,6-8,10H2,1-5H3,(H,19,20,22). The molecule has 2 aromatic heterocycles. The smallest absolute Gasteiger partial charge is 0.189 e. The molecular formula is C18H27N7S. The van der Waals surface area contributed by atoms with E-state index in [0.717, 1.165) is 54.2 Å². The minimum Gasteiger partial charge on any atom is -0.365 e. The van der Waals surface area contributed by atoms with E-state index in [9.17, 15) is 0 Å². The van der Waals surface area contributed by atoms with Crippen molar-refractivity contribution in [1.29, 1.82) is 0 Å². The number of aromatic nitrogens is 4. The summed E-state index contributed by atoms with van der Waals surface area (Å²) >= 11 is 1.59. The fourth-order valence-corrected chi connectivity index (χ4v) is 3.56. The normalized spacial score (nSPS) is 17.3. The van der Waals surface area contributed by atoms with Crippen LogP contribution in [0.1, 0.15) is 24.1 Å². The molecule has 0 spiro atoms. The van der Waals surface area contributed by atoms with Crippen LogP contribution in [0.15, 0.2) is 17.6 Å². The molecule has 2 aromatic rings. The van der Waals surface area contributed by atoms with Gasteiger partial charge in [-0.15, -0.1) is 0 Å². The second-order valence-electron chi connectivity index (χ2n) is 6.83. The topological polar surface area (TPSA) is 70.1 Å². The molecule has 1 atom stereocenters. The molecule has 1 fully saturated rings. The summed E-state index contributed by atoms with van der Waals surface area (Å²) in [6, 6.07) is 2.33. The molecule has 140 valence electrons. The van der Waals surface area contributed by atoms with E-state index in [1.54, 1.807) is 18.1 Å². The van der Waals surface area contributed by atoms with Gasteiger partial charge in [-0.05, 0) is 32.9 Å². The Balaban J connectivity index is 1.76. The number of rotatable bonds is 5. The van der Waals surface area contributed by atoms with E-state index in [1.165, 1.54) is 5.56 Å². The molecule has 1 N–H and O–H groups in total. The first-order valence-electron chi connectivity index (χ1n) is 8.88. The molecule has 8 heteroatoms. The van der Waals surface area contributed by atoms with E-state index in [0.29, 0.717) is 6.04 Å². The predicted molar refractivity (Wildman–Crippen MR) is 109 cm³/mol. The van der Waals surface area contributed by atoms with Gasteiger partial charge < -0.3 is 15.1 Å². The Hall–Kier alpha value is -2.09. The molecule has 0 radical (unpaired) electrons. The predicted octanol–water partition coefficient (Wildman–Crippen LogP) is 2.75. The molecule has 1 saturated heterocycles. The summed E-state index contributed by atoms with van der Waals surface area (Å²) in [5, 5.41) is 4.41. The Bertz CT molecular complexity index is 765. The second-order valence-corrected chi connectivity index (χ2v) is 7.60. The van der Waals surface area contributed by atoms with Crippen molar-refractivity contribution in [1.82, 2.24) is 19.9 Å². The van der Waals surface area contributed by atoms with Crippen molar-refractivity contribution in [3.05, 3.63) is 23.7 Å². The van der Waals surface area contributed by atoms with Gasteiger partial charge in [0, 0.05) is 50.6 Å². The molecule has 3 rings (SSSR count). The second kappa shape index (κ2) is 8.07. The minimum absolute atomic E-state index is 0.334. The van der Waals surface area contributed by atoms with Crippen LogP contribution in [0.5, 0.6) is 0 Å². The number of nitrogens with zero attached hydrogens (tertiary/aromatic N) is 6. The van der Waals surface area contributed by atoms with Crippen LogP contribution < -0.4 is 15.1 Å². The fourth-order valence-electron chi connectivity index (χ4n) is 3.15. The van der Waals surface area contributed by atoms with Gasteiger partial charge in [-0.1, -0.05) is 11.8 Å². The summed E-state index contributed by atoms with van der Waals surface area (Å²) < 4.78 is 0. The van der Waals surface area contributed by atoms with E-state index in [-0.39, 0.29) is 0 Å². The number of thioether (sulfide) groups is 1. The Morgan fingerprint density at radius 2 is 2.04 bits per heavy atom. The van der Waals surface area contributed by atoms with Crippen molar-refractivity contribution in [2.45, 2.75) is 37.9 Å². The number of nitrogens with one attached hydrogen (secondary N) is 1. The Morgan fingerprint density at radius 1 is 1.23 bits per heavy atom. The summed E-state index contributed by atoms with van der Waals surface area (Å²) in [7, 11) is 3.97. The Morgan fingerprint density at radius 3 is 2.77 bits per heavy atom. The highest BCUT2D eigenvalue weighted by Crippen LogP contribution is 2.26. The van der Waals surface area contributed by atoms with Gasteiger partial charge in [0.15, 0.2) is 5.16 Å². The van der Waals surface area contributed by atoms with Crippen LogP contribution in [0.3, 0.4) is 0 Å². The van der Waals surface area contributed by atoms with Gasteiger partial charge in [-0.25, -0.2) is 19.9 Å². The van der Waals surface area contributed by atoms with E-state index in [1.807, 2.05) is 31.3 Å². The van der Waals surface area contributed by atoms with Crippen LogP contribution in [-0.4, -0.2) is 59.4 Å². The van der Waals surface area contributed by atoms with Crippen LogP contribution in [0.25, 0.3) is 0 Å². The lowest BCUT2D eigenvalue weighted by Crippen LogP contribution is -2.43. The lowest BCUT2D eigenvalue weighted by Gasteiger charge is -2.35. The summed E-state index contributed by atoms with van der Waals surface area (Å²) in [5.41, 5.74) is 2.22. The summed E-state index contributed by atoms with van der Waals surface area (Å²) in [6.07, 6.45) is 5.88. The number of hydrogen-bond acceptors (Lipinski definition) is 8. The first kappa shape index (κ1) is 18.7. The largest absolute Gasteiger partial charge is 0.365 e. The lowest BCUT2D eigenvalue weighted by molar-refractivity contribution is 0.523. The number of anilines is 3. The maximum absolute atomic E-state index is 4.77. The molecule has 26 heavy (non-hydrogen) atoms. The van der Waals surface area contributed by atoms with Gasteiger partial charge in [0.1, 0.15) is 23.8 Å². The zero-order chi connectivity index (χ0) is 18.7. The third-order valence-electron chi connectivity index (χ3n) is 4.71. The fraction of sp³-hybridized carbons (Fsp3) is 0.556. The molecule has 3 heterocycles. The first-order valence-corrected chi connectivity index (χ1v) is 10.1. The van der Waals surface area contributed by atoms with Crippen LogP contribution in [0.2, 0.25) is 0 Å². The molecule has 0 bridgehead atoms. The van der Waals surface area contributed by atoms with E-state index >= 15 is 0 Å². The quantitative estimate of drug-likeness (QED) is 0.634. The monoisotopic (exact) mass is 373 g/mol. The van der Waals surface area contributed by atoms with Crippen molar-refractivity contribution in [3.63, 3.8) is 0 Å². The third kappa shape index (κ3) is 4.17. The van der Waals surface area contributed by atoms with Gasteiger partial charge in [-0.3, -0.25) is 0 Å². The van der Waals surface area contributed by atoms with E-state index in [4.69, 9.17) is 4.98 Å². The highest BCUT2D eigenvalue weighted by molar-refractivity contribution is 7.98. The summed E-state index contributed by atoms with van der Waals surface area (Å²) in [4.78, 5) is 22.3. The number of piperidine rings is 1. The molecule has 1 aliphatic rings. The van der Waals surface area contributed by atoms with Crippen molar-refractivity contribution >= 4 is 29.2 Å². The van der Waals surface area contributed by atoms with Crippen molar-refractivity contribution in [3.8, 4) is 0 Å². The maximum Gasteiger partial charge on any atom is 0.189 e. The zero-order valence-corrected chi connectivity index (χ0v) is 17.0. The molecular weight excluding hydrogens is 346 g/mol. The molecule has 1 unspecified atom stereocenters. The lowest BCUT2D eigenvalue weighted by atomic mass is 10.0. The highest BCUT2D eigenvalue weighted by Gasteiger charge is 2.23. The van der Waals surface area contributed by atoms with Crippen molar-refractivity contribution in [2.24, 2.45) is 0 Å². The zero-order valence-electron chi connectivity index (χ0n) is 16.2. The minimum atomic E-state index is 0.334. The highest BCUT2D eigenvalue weighted by atomic mass is 32.2. The van der Waals surface area contributed by atoms with Crippen LogP contribution >= 0.6 is 11.8 Å². The summed E-state index contributed by atoms with van der Waals surface area (Å²) in [5.74, 6) is 2.84. The first-order chi connectivity index (χ1) is 12.5. The molecule has 7 nitrogen and oxygen atoms in total. The average Bonchev–Trinajstić information content (AvgIpc) is 2.64. The van der Waals surface area contributed by atoms with Gasteiger partial charge in [0.2, 0.25) is 0 Å². The van der Waals surface area contributed by atoms with Crippen molar-refractivity contribution in [2.75, 3.05) is 48.6 Å². The molecule has 0 saturated carbocycles. The van der Waals surface area contributed by atoms with Gasteiger partial charge in [0.05, 0.1) is 0 Å². The van der Waals surface area contributed by atoms with E-state index < -0.39 is 0 Å². The number of hydrogen-bond donors (Lipinski definition) is 1. The average molecular weight is 374 g/mol. The SMILES string of the molecule is CSc1nc(C)c(C)c(N2CCCC(Nc3cc(N(C)C)ncn3)C2)n1. The molecule has 0 amide bonds. The Labute approximate surface area is 159 Å². The van der Waals surface area contributed by atoms with Gasteiger partial charge in [0.25, 0.3) is 0 Å². The Kier molecular flexibility index (Phi) is 5.80. The molecule has 1 aliphatic heterocycles. The van der Waals surface area contributed by atoms with Gasteiger partial charge in [-0.2, -0.15) is 0 Å². The number of aryl methyl sites for hydroxylation is 1. The van der Waals surface area contributed by atoms with Gasteiger partial charge >= 0.3 is 0 Å². The van der Waals surface area contributed by atoms with Crippen LogP contribution in [0.4, 0.5) is 17.5 Å². The molecule has 0 aromatic carbocycles. The maximum atomic E-state index is 4.77. The molecule has 0 aliphatic carbocycles. The summed E-state index contributed by atoms with van der Waals surface area (Å²) in [6.45, 7) is 6.10. The third-order valence-corrected chi connectivity index (χ3v) is 5.26. The van der Waals surface area contributed by atoms with Crippen molar-refractivity contribution < 1.29 is 0 Å². The van der Waals surface area contributed by atoms with Crippen LogP contribution in [-0.2, 0) is 0 Å². The van der Waals surface area contributed by atoms with E-state index in [2.05, 4.69) is 39.0 Å².